The van der Waals surface area contributed by atoms with E-state index in [0.29, 0.717) is 10.1 Å². The van der Waals surface area contributed by atoms with Gasteiger partial charge in [0.1, 0.15) is 0 Å². The average Bonchev–Trinajstić information content (AvgIpc) is 3.33. The van der Waals surface area contributed by atoms with Crippen LogP contribution in [0, 0.1) is 0 Å². The Balaban J connectivity index is 1.40. The maximum absolute atomic E-state index is 12.2. The van der Waals surface area contributed by atoms with Crippen molar-refractivity contribution in [2.24, 2.45) is 0 Å². The van der Waals surface area contributed by atoms with E-state index in [1.54, 1.807) is 0 Å². The maximum Gasteiger partial charge on any atom is 0.420 e. The van der Waals surface area contributed by atoms with Crippen molar-refractivity contribution in [3.05, 3.63) is 84.9 Å². The molecule has 0 aliphatic carbocycles. The molecule has 6 heteroatoms. The molecule has 0 bridgehead atoms. The van der Waals surface area contributed by atoms with Gasteiger partial charge in [0.2, 0.25) is 0 Å². The van der Waals surface area contributed by atoms with Crippen LogP contribution in [-0.4, -0.2) is 0 Å². The monoisotopic (exact) mass is 398 g/mol. The molecule has 0 amide bonds. The minimum atomic E-state index is -2.66. The van der Waals surface area contributed by atoms with E-state index < -0.39 is 8.25 Å². The zero-order chi connectivity index (χ0) is 17.8. The fourth-order valence-corrected chi connectivity index (χ4v) is 5.18. The van der Waals surface area contributed by atoms with Crippen LogP contribution in [0.25, 0.3) is 20.9 Å². The summed E-state index contributed by atoms with van der Waals surface area (Å²) in [5.74, 6) is 0. The quantitative estimate of drug-likeness (QED) is 0.328. The second-order valence-electron chi connectivity index (χ2n) is 5.42. The van der Waals surface area contributed by atoms with Crippen molar-refractivity contribution < 1.29 is 13.6 Å². The summed E-state index contributed by atoms with van der Waals surface area (Å²) in [7, 11) is -2.66. The highest BCUT2D eigenvalue weighted by atomic mass is 32.1. The third kappa shape index (κ3) is 4.07. The van der Waals surface area contributed by atoms with Gasteiger partial charge in [0.25, 0.3) is 0 Å². The van der Waals surface area contributed by atoms with Crippen molar-refractivity contribution >= 4 is 30.9 Å². The summed E-state index contributed by atoms with van der Waals surface area (Å²) in [4.78, 5) is 2.13. The van der Waals surface area contributed by atoms with Gasteiger partial charge in [-0.2, -0.15) is 0 Å². The number of rotatable bonds is 6. The normalized spacial score (nSPS) is 10.8. The fraction of sp³-hybridized carbons (Fsp3) is 0. The first-order valence-corrected chi connectivity index (χ1v) is 10.8. The maximum atomic E-state index is 12.2. The van der Waals surface area contributed by atoms with Crippen molar-refractivity contribution in [3.63, 3.8) is 0 Å². The van der Waals surface area contributed by atoms with Crippen LogP contribution in [0.2, 0.25) is 0 Å². The van der Waals surface area contributed by atoms with Crippen molar-refractivity contribution in [2.45, 2.75) is 0 Å². The molecular formula is C20H15O3PS2. The SMILES string of the molecule is O=[PH](Oc1ccc(-c2ccccc2)s1)Oc1ccc(-c2ccccc2)s1. The minimum Gasteiger partial charge on any atom is -0.407 e. The smallest absolute Gasteiger partial charge is 0.407 e. The van der Waals surface area contributed by atoms with Gasteiger partial charge in [-0.3, -0.25) is 0 Å². The summed E-state index contributed by atoms with van der Waals surface area (Å²) < 4.78 is 23.2. The molecular weight excluding hydrogens is 383 g/mol. The Labute approximate surface area is 160 Å². The first kappa shape index (κ1) is 17.1. The summed E-state index contributed by atoms with van der Waals surface area (Å²) in [6, 6.07) is 27.6. The highest BCUT2D eigenvalue weighted by Crippen LogP contribution is 2.41. The van der Waals surface area contributed by atoms with Gasteiger partial charge in [-0.15, -0.1) is 0 Å². The van der Waals surface area contributed by atoms with Gasteiger partial charge >= 0.3 is 8.25 Å². The Morgan fingerprint density at radius 3 is 1.42 bits per heavy atom. The van der Waals surface area contributed by atoms with E-state index in [1.807, 2.05) is 84.9 Å². The van der Waals surface area contributed by atoms with Gasteiger partial charge in [-0.05, 0) is 35.4 Å². The van der Waals surface area contributed by atoms with Gasteiger partial charge in [0, 0.05) is 9.75 Å². The third-order valence-corrected chi connectivity index (χ3v) is 6.74. The van der Waals surface area contributed by atoms with Crippen LogP contribution < -0.4 is 9.05 Å². The first-order valence-electron chi connectivity index (χ1n) is 7.98. The third-order valence-electron chi connectivity index (χ3n) is 3.65. The molecule has 2 aromatic carbocycles. The Morgan fingerprint density at radius 1 is 0.577 bits per heavy atom. The van der Waals surface area contributed by atoms with E-state index in [9.17, 15) is 4.57 Å². The molecule has 2 aromatic heterocycles. The Kier molecular flexibility index (Phi) is 5.21. The lowest BCUT2D eigenvalue weighted by Gasteiger charge is -2.04. The molecule has 0 radical (unpaired) electrons. The second-order valence-corrected chi connectivity index (χ2v) is 8.42. The summed E-state index contributed by atoms with van der Waals surface area (Å²) in [6.07, 6.45) is 0. The van der Waals surface area contributed by atoms with Gasteiger partial charge in [0.05, 0.1) is 0 Å². The zero-order valence-electron chi connectivity index (χ0n) is 13.6. The minimum absolute atomic E-state index is 0.590. The molecule has 0 unspecified atom stereocenters. The van der Waals surface area contributed by atoms with Crippen LogP contribution >= 0.6 is 30.9 Å². The molecule has 3 nitrogen and oxygen atoms in total. The lowest BCUT2D eigenvalue weighted by molar-refractivity contribution is 0.424. The molecule has 2 heterocycles. The van der Waals surface area contributed by atoms with Crippen LogP contribution in [0.3, 0.4) is 0 Å². The van der Waals surface area contributed by atoms with E-state index in [-0.39, 0.29) is 0 Å². The van der Waals surface area contributed by atoms with Gasteiger partial charge < -0.3 is 9.05 Å². The van der Waals surface area contributed by atoms with Crippen LogP contribution in [0.1, 0.15) is 0 Å². The van der Waals surface area contributed by atoms with Crippen LogP contribution in [0.5, 0.6) is 10.1 Å². The lowest BCUT2D eigenvalue weighted by Crippen LogP contribution is -1.84. The van der Waals surface area contributed by atoms with E-state index in [4.69, 9.17) is 9.05 Å². The Morgan fingerprint density at radius 2 is 1.00 bits per heavy atom. The van der Waals surface area contributed by atoms with E-state index in [1.165, 1.54) is 22.7 Å². The summed E-state index contributed by atoms with van der Waals surface area (Å²) in [5, 5.41) is 1.18. The molecule has 0 N–H and O–H groups in total. The van der Waals surface area contributed by atoms with Gasteiger partial charge in [0.15, 0.2) is 10.1 Å². The second kappa shape index (κ2) is 7.92. The molecule has 4 aromatic rings. The standard InChI is InChI=1S/C20H15O3PS2/c21-24(22-19-13-11-17(25-19)15-7-3-1-4-8-15)23-20-14-12-18(26-20)16-9-5-2-6-10-16/h1-14,24H. The Bertz CT molecular complexity index is 928. The molecule has 0 spiro atoms. The predicted molar refractivity (Wildman–Crippen MR) is 110 cm³/mol. The van der Waals surface area contributed by atoms with E-state index in [0.717, 1.165) is 20.9 Å². The highest BCUT2D eigenvalue weighted by Gasteiger charge is 2.10. The van der Waals surface area contributed by atoms with Gasteiger partial charge in [-0.25, -0.2) is 4.57 Å². The fourth-order valence-electron chi connectivity index (χ4n) is 2.45. The van der Waals surface area contributed by atoms with E-state index >= 15 is 0 Å². The summed E-state index contributed by atoms with van der Waals surface area (Å²) in [6.45, 7) is 0. The largest absolute Gasteiger partial charge is 0.420 e. The molecule has 0 atom stereocenters. The molecule has 26 heavy (non-hydrogen) atoms. The Hall–Kier alpha value is -2.33. The van der Waals surface area contributed by atoms with Crippen molar-refractivity contribution in [1.82, 2.24) is 0 Å². The number of hydrogen-bond donors (Lipinski definition) is 0. The molecule has 0 fully saturated rings. The van der Waals surface area contributed by atoms with Gasteiger partial charge in [-0.1, -0.05) is 83.3 Å². The van der Waals surface area contributed by atoms with Crippen LogP contribution in [-0.2, 0) is 4.57 Å². The molecule has 130 valence electrons. The molecule has 0 saturated carbocycles. The number of thiophene rings is 2. The van der Waals surface area contributed by atoms with Crippen LogP contribution in [0.15, 0.2) is 84.9 Å². The van der Waals surface area contributed by atoms with Crippen LogP contribution in [0.4, 0.5) is 0 Å². The summed E-state index contributed by atoms with van der Waals surface area (Å²) >= 11 is 2.91. The topological polar surface area (TPSA) is 35.5 Å². The van der Waals surface area contributed by atoms with E-state index in [2.05, 4.69) is 0 Å². The number of benzene rings is 2. The zero-order valence-corrected chi connectivity index (χ0v) is 16.3. The molecule has 0 aliphatic heterocycles. The first-order chi connectivity index (χ1) is 12.8. The number of hydrogen-bond acceptors (Lipinski definition) is 5. The highest BCUT2D eigenvalue weighted by molar-refractivity contribution is 7.35. The molecule has 0 aliphatic rings. The van der Waals surface area contributed by atoms with Crippen molar-refractivity contribution in [3.8, 4) is 31.0 Å². The predicted octanol–water partition coefficient (Wildman–Crippen LogP) is 6.99. The average molecular weight is 398 g/mol. The lowest BCUT2D eigenvalue weighted by atomic mass is 10.2. The molecule has 4 rings (SSSR count). The van der Waals surface area contributed by atoms with Crippen molar-refractivity contribution in [1.29, 1.82) is 0 Å². The molecule has 0 saturated heterocycles. The van der Waals surface area contributed by atoms with Crippen molar-refractivity contribution in [2.75, 3.05) is 0 Å². The summed E-state index contributed by atoms with van der Waals surface area (Å²) in [5.41, 5.74) is 2.22.